The van der Waals surface area contributed by atoms with Crippen molar-refractivity contribution in [2.45, 2.75) is 6.92 Å². The number of methoxy groups -OCH3 is 1. The van der Waals surface area contributed by atoms with E-state index in [4.69, 9.17) is 10.00 Å². The van der Waals surface area contributed by atoms with E-state index in [9.17, 15) is 4.79 Å². The highest BCUT2D eigenvalue weighted by Gasteiger charge is 2.19. The second-order valence-corrected chi connectivity index (χ2v) is 5.28. The van der Waals surface area contributed by atoms with Gasteiger partial charge in [-0.2, -0.15) is 5.26 Å². The number of nitrogens with zero attached hydrogens (tertiary/aromatic N) is 4. The summed E-state index contributed by atoms with van der Waals surface area (Å²) >= 11 is 0. The Labute approximate surface area is 144 Å². The van der Waals surface area contributed by atoms with Gasteiger partial charge in [0.25, 0.3) is 5.91 Å². The Hall–Kier alpha value is -3.66. The van der Waals surface area contributed by atoms with Gasteiger partial charge in [0.2, 0.25) is 0 Å². The third-order valence-electron chi connectivity index (χ3n) is 3.64. The molecule has 0 aliphatic heterocycles. The summed E-state index contributed by atoms with van der Waals surface area (Å²) in [5.41, 5.74) is 2.67. The van der Waals surface area contributed by atoms with E-state index in [1.165, 1.54) is 4.68 Å². The normalized spacial score (nSPS) is 10.1. The summed E-state index contributed by atoms with van der Waals surface area (Å²) in [6.45, 7) is 1.72. The molecule has 0 aliphatic rings. The van der Waals surface area contributed by atoms with Crippen molar-refractivity contribution < 1.29 is 9.53 Å². The van der Waals surface area contributed by atoms with Crippen molar-refractivity contribution in [1.82, 2.24) is 15.0 Å². The first-order chi connectivity index (χ1) is 12.1. The van der Waals surface area contributed by atoms with E-state index < -0.39 is 0 Å². The van der Waals surface area contributed by atoms with Crippen LogP contribution in [0.5, 0.6) is 5.75 Å². The predicted octanol–water partition coefficient (Wildman–Crippen LogP) is 2.71. The molecule has 1 heterocycles. The summed E-state index contributed by atoms with van der Waals surface area (Å²) in [6, 6.07) is 15.8. The number of anilines is 1. The van der Waals surface area contributed by atoms with Gasteiger partial charge in [-0.05, 0) is 55.5 Å². The van der Waals surface area contributed by atoms with Crippen LogP contribution >= 0.6 is 0 Å². The van der Waals surface area contributed by atoms with Crippen molar-refractivity contribution in [3.05, 3.63) is 65.5 Å². The van der Waals surface area contributed by atoms with E-state index in [0.717, 1.165) is 0 Å². The van der Waals surface area contributed by atoms with Gasteiger partial charge in [-0.25, -0.2) is 4.68 Å². The van der Waals surface area contributed by atoms with Gasteiger partial charge in [0.1, 0.15) is 5.75 Å². The number of benzene rings is 2. The predicted molar refractivity (Wildman–Crippen MR) is 91.8 cm³/mol. The summed E-state index contributed by atoms with van der Waals surface area (Å²) in [7, 11) is 1.59. The van der Waals surface area contributed by atoms with Gasteiger partial charge in [-0.1, -0.05) is 5.21 Å². The number of hydrogen-bond acceptors (Lipinski definition) is 5. The number of nitriles is 1. The molecule has 0 fully saturated rings. The molecule has 0 saturated heterocycles. The molecule has 25 heavy (non-hydrogen) atoms. The second-order valence-electron chi connectivity index (χ2n) is 5.28. The zero-order chi connectivity index (χ0) is 17.8. The molecular formula is C18H15N5O2. The Morgan fingerprint density at radius 1 is 1.16 bits per heavy atom. The molecule has 7 nitrogen and oxygen atoms in total. The van der Waals surface area contributed by atoms with E-state index >= 15 is 0 Å². The number of ether oxygens (including phenoxy) is 1. The molecule has 1 aromatic heterocycles. The largest absolute Gasteiger partial charge is 0.497 e. The maximum Gasteiger partial charge on any atom is 0.276 e. The van der Waals surface area contributed by atoms with Crippen LogP contribution in [-0.2, 0) is 0 Å². The maximum absolute atomic E-state index is 12.7. The zero-order valence-corrected chi connectivity index (χ0v) is 13.7. The van der Waals surface area contributed by atoms with Crippen LogP contribution in [0.2, 0.25) is 0 Å². The maximum atomic E-state index is 12.7. The fraction of sp³-hybridized carbons (Fsp3) is 0.111. The van der Waals surface area contributed by atoms with Gasteiger partial charge in [0, 0.05) is 5.69 Å². The molecule has 0 unspecified atom stereocenters. The van der Waals surface area contributed by atoms with Crippen molar-refractivity contribution in [3.8, 4) is 17.5 Å². The summed E-state index contributed by atoms with van der Waals surface area (Å²) in [5, 5.41) is 19.7. The minimum atomic E-state index is -0.331. The first kappa shape index (κ1) is 16.2. The van der Waals surface area contributed by atoms with E-state index in [2.05, 4.69) is 15.6 Å². The van der Waals surface area contributed by atoms with Gasteiger partial charge in [-0.15, -0.1) is 5.10 Å². The van der Waals surface area contributed by atoms with Crippen molar-refractivity contribution in [3.63, 3.8) is 0 Å². The molecule has 3 rings (SSSR count). The first-order valence-corrected chi connectivity index (χ1v) is 7.50. The second kappa shape index (κ2) is 6.84. The van der Waals surface area contributed by atoms with Gasteiger partial charge in [0.05, 0.1) is 30.1 Å². The smallest absolute Gasteiger partial charge is 0.276 e. The summed E-state index contributed by atoms with van der Waals surface area (Å²) in [5.74, 6) is 0.382. The van der Waals surface area contributed by atoms with Gasteiger partial charge in [0.15, 0.2) is 5.69 Å². The Morgan fingerprint density at radius 2 is 1.84 bits per heavy atom. The summed E-state index contributed by atoms with van der Waals surface area (Å²) in [4.78, 5) is 12.7. The third-order valence-corrected chi connectivity index (χ3v) is 3.64. The first-order valence-electron chi connectivity index (χ1n) is 7.50. The fourth-order valence-corrected chi connectivity index (χ4v) is 2.34. The van der Waals surface area contributed by atoms with Crippen LogP contribution in [-0.4, -0.2) is 28.0 Å². The molecule has 2 aromatic carbocycles. The minimum absolute atomic E-state index is 0.331. The van der Waals surface area contributed by atoms with Crippen LogP contribution in [0.3, 0.4) is 0 Å². The van der Waals surface area contributed by atoms with Crippen molar-refractivity contribution in [1.29, 1.82) is 5.26 Å². The van der Waals surface area contributed by atoms with Crippen molar-refractivity contribution >= 4 is 11.6 Å². The number of nitrogens with one attached hydrogen (secondary N) is 1. The number of rotatable bonds is 4. The molecule has 0 spiro atoms. The summed E-state index contributed by atoms with van der Waals surface area (Å²) < 4.78 is 6.62. The van der Waals surface area contributed by atoms with Crippen LogP contribution in [0.1, 0.15) is 21.7 Å². The van der Waals surface area contributed by atoms with Crippen molar-refractivity contribution in [2.24, 2.45) is 0 Å². The monoisotopic (exact) mass is 333 g/mol. The molecule has 0 bridgehead atoms. The molecule has 0 atom stereocenters. The van der Waals surface area contributed by atoms with Crippen LogP contribution in [0, 0.1) is 18.3 Å². The molecule has 0 aliphatic carbocycles. The van der Waals surface area contributed by atoms with Gasteiger partial charge < -0.3 is 10.1 Å². The topological polar surface area (TPSA) is 92.8 Å². The molecule has 3 aromatic rings. The number of aryl methyl sites for hydroxylation is 1. The number of amides is 1. The van der Waals surface area contributed by atoms with E-state index in [0.29, 0.717) is 34.1 Å². The van der Waals surface area contributed by atoms with Crippen LogP contribution in [0.4, 0.5) is 5.69 Å². The minimum Gasteiger partial charge on any atom is -0.497 e. The highest BCUT2D eigenvalue weighted by molar-refractivity contribution is 6.04. The van der Waals surface area contributed by atoms with Crippen LogP contribution in [0.25, 0.3) is 5.69 Å². The average Bonchev–Trinajstić information content (AvgIpc) is 3.04. The van der Waals surface area contributed by atoms with Crippen LogP contribution < -0.4 is 10.1 Å². The highest BCUT2D eigenvalue weighted by atomic mass is 16.5. The molecular weight excluding hydrogens is 318 g/mol. The Kier molecular flexibility index (Phi) is 4.44. The molecule has 0 radical (unpaired) electrons. The summed E-state index contributed by atoms with van der Waals surface area (Å²) in [6.07, 6.45) is 0. The van der Waals surface area contributed by atoms with E-state index in [-0.39, 0.29) is 5.91 Å². The third kappa shape index (κ3) is 3.33. The quantitative estimate of drug-likeness (QED) is 0.792. The lowest BCUT2D eigenvalue weighted by Crippen LogP contribution is -2.18. The van der Waals surface area contributed by atoms with Gasteiger partial charge >= 0.3 is 0 Å². The van der Waals surface area contributed by atoms with Crippen LogP contribution in [0.15, 0.2) is 48.5 Å². The lowest BCUT2D eigenvalue weighted by molar-refractivity contribution is 0.101. The lowest BCUT2D eigenvalue weighted by Gasteiger charge is -2.09. The van der Waals surface area contributed by atoms with Gasteiger partial charge in [-0.3, -0.25) is 4.79 Å². The number of aromatic nitrogens is 3. The molecule has 7 heteroatoms. The Bertz CT molecular complexity index is 937. The Balaban J connectivity index is 1.89. The SMILES string of the molecule is COc1ccc(-n2nnc(C)c2C(=O)Nc2ccc(C#N)cc2)cc1. The highest BCUT2D eigenvalue weighted by Crippen LogP contribution is 2.18. The molecule has 1 amide bonds. The number of hydrogen-bond donors (Lipinski definition) is 1. The standard InChI is InChI=1S/C18H15N5O2/c1-12-17(18(24)20-14-5-3-13(11-19)4-6-14)23(22-21-12)15-7-9-16(25-2)10-8-15/h3-10H,1-2H3,(H,20,24). The molecule has 1 N–H and O–H groups in total. The Morgan fingerprint density at radius 3 is 2.44 bits per heavy atom. The van der Waals surface area contributed by atoms with E-state index in [1.54, 1.807) is 62.6 Å². The lowest BCUT2D eigenvalue weighted by atomic mass is 10.2. The van der Waals surface area contributed by atoms with E-state index in [1.807, 2.05) is 6.07 Å². The number of carbonyl (C=O) groups is 1. The van der Waals surface area contributed by atoms with Crippen molar-refractivity contribution in [2.75, 3.05) is 12.4 Å². The number of carbonyl (C=O) groups excluding carboxylic acids is 1. The fourth-order valence-electron chi connectivity index (χ4n) is 2.34. The average molecular weight is 333 g/mol. The molecule has 124 valence electrons. The molecule has 0 saturated carbocycles. The zero-order valence-electron chi connectivity index (χ0n) is 13.7.